The van der Waals surface area contributed by atoms with Crippen molar-refractivity contribution in [1.29, 1.82) is 0 Å². The molecule has 5 heteroatoms. The molecule has 4 nitrogen and oxygen atoms in total. The Morgan fingerprint density at radius 1 is 0.520 bits per heavy atom. The van der Waals surface area contributed by atoms with Gasteiger partial charge in [0.05, 0.1) is 0 Å². The Kier molecular flexibility index (Phi) is 16.3. The average molecular weight is 375 g/mol. The van der Waals surface area contributed by atoms with Crippen LogP contribution in [0.25, 0.3) is 0 Å². The summed E-state index contributed by atoms with van der Waals surface area (Å²) in [5.41, 5.74) is 0. The molecule has 0 fully saturated rings. The van der Waals surface area contributed by atoms with E-state index in [4.69, 9.17) is 8.85 Å². The van der Waals surface area contributed by atoms with Gasteiger partial charge in [-0.05, 0) is 65.7 Å². The summed E-state index contributed by atoms with van der Waals surface area (Å²) >= 11 is 0. The number of unbranched alkanes of at least 4 members (excludes halogenated alkanes) is 4. The number of hydrogen-bond acceptors (Lipinski definition) is 4. The quantitative estimate of drug-likeness (QED) is 0.304. The van der Waals surface area contributed by atoms with Gasteiger partial charge < -0.3 is 8.85 Å². The van der Waals surface area contributed by atoms with Gasteiger partial charge in [-0.2, -0.15) is 0 Å². The lowest BCUT2D eigenvalue weighted by atomic mass is 10.3. The SMILES string of the molecule is CCCCN(CCCC)[Si](OCC)(OCC)N(CCCC)CCCC. The molecule has 152 valence electrons. The van der Waals surface area contributed by atoms with Crippen molar-refractivity contribution in [2.45, 2.75) is 92.9 Å². The van der Waals surface area contributed by atoms with Crippen LogP contribution in [-0.2, 0) is 8.85 Å². The van der Waals surface area contributed by atoms with Crippen LogP contribution in [0.2, 0.25) is 0 Å². The van der Waals surface area contributed by atoms with Crippen LogP contribution >= 0.6 is 0 Å². The second-order valence-corrected chi connectivity index (χ2v) is 9.74. The summed E-state index contributed by atoms with van der Waals surface area (Å²) in [4.78, 5) is 0. The highest BCUT2D eigenvalue weighted by molar-refractivity contribution is 6.61. The molecule has 0 aromatic rings. The molecule has 0 aliphatic rings. The van der Waals surface area contributed by atoms with Gasteiger partial charge in [-0.15, -0.1) is 0 Å². The largest absolute Gasteiger partial charge is 0.522 e. The van der Waals surface area contributed by atoms with Crippen LogP contribution in [0.15, 0.2) is 0 Å². The van der Waals surface area contributed by atoms with Gasteiger partial charge in [-0.3, -0.25) is 9.13 Å². The van der Waals surface area contributed by atoms with Gasteiger partial charge in [0, 0.05) is 13.2 Å². The van der Waals surface area contributed by atoms with Crippen LogP contribution in [-0.4, -0.2) is 57.4 Å². The Morgan fingerprint density at radius 3 is 1.00 bits per heavy atom. The zero-order valence-corrected chi connectivity index (χ0v) is 19.1. The minimum atomic E-state index is -2.54. The summed E-state index contributed by atoms with van der Waals surface area (Å²) in [6, 6.07) is 0. The molecule has 0 heterocycles. The molecule has 0 saturated heterocycles. The molecule has 25 heavy (non-hydrogen) atoms. The summed E-state index contributed by atoms with van der Waals surface area (Å²) in [6.07, 6.45) is 9.74. The molecule has 0 aromatic heterocycles. The van der Waals surface area contributed by atoms with Crippen molar-refractivity contribution in [3.8, 4) is 0 Å². The van der Waals surface area contributed by atoms with Crippen molar-refractivity contribution in [2.24, 2.45) is 0 Å². The summed E-state index contributed by atoms with van der Waals surface area (Å²) in [5, 5.41) is 0. The first-order chi connectivity index (χ1) is 12.2. The van der Waals surface area contributed by atoms with E-state index in [1.165, 1.54) is 51.4 Å². The van der Waals surface area contributed by atoms with E-state index in [0.717, 1.165) is 39.4 Å². The van der Waals surface area contributed by atoms with Gasteiger partial charge in [0.1, 0.15) is 0 Å². The third-order valence-electron chi connectivity index (χ3n) is 4.59. The van der Waals surface area contributed by atoms with Crippen molar-refractivity contribution < 1.29 is 8.85 Å². The zero-order chi connectivity index (χ0) is 19.0. The van der Waals surface area contributed by atoms with E-state index in [1.807, 2.05) is 0 Å². The standard InChI is InChI=1S/C20H46N2O2Si/c1-7-13-17-21(18-14-8-2)25(23-11-5,24-12-6)22(19-15-9-3)20-16-10-4/h7-20H2,1-6H3. The van der Waals surface area contributed by atoms with Crippen molar-refractivity contribution in [1.82, 2.24) is 9.13 Å². The summed E-state index contributed by atoms with van der Waals surface area (Å²) in [5.74, 6) is 0. The molecule has 0 aliphatic carbocycles. The minimum absolute atomic E-state index is 0.732. The Hall–Kier alpha value is 0.0569. The molecule has 0 spiro atoms. The van der Waals surface area contributed by atoms with Gasteiger partial charge in [0.25, 0.3) is 0 Å². The molecule has 0 saturated carbocycles. The maximum Gasteiger partial charge on any atom is 0.522 e. The number of nitrogens with zero attached hydrogens (tertiary/aromatic N) is 2. The Morgan fingerprint density at radius 2 is 0.800 bits per heavy atom. The first-order valence-electron chi connectivity index (χ1n) is 10.9. The van der Waals surface area contributed by atoms with E-state index in [0.29, 0.717) is 0 Å². The molecular weight excluding hydrogens is 328 g/mol. The van der Waals surface area contributed by atoms with Crippen LogP contribution in [0, 0.1) is 0 Å². The lowest BCUT2D eigenvalue weighted by Crippen LogP contribution is -2.70. The molecular formula is C20H46N2O2Si. The van der Waals surface area contributed by atoms with Crippen LogP contribution in [0.1, 0.15) is 92.9 Å². The predicted octanol–water partition coefficient (Wildman–Crippen LogP) is 5.30. The molecule has 0 N–H and O–H groups in total. The monoisotopic (exact) mass is 374 g/mol. The van der Waals surface area contributed by atoms with Crippen LogP contribution < -0.4 is 0 Å². The second-order valence-electron chi connectivity index (χ2n) is 6.80. The van der Waals surface area contributed by atoms with E-state index < -0.39 is 8.88 Å². The van der Waals surface area contributed by atoms with Crippen LogP contribution in [0.4, 0.5) is 0 Å². The minimum Gasteiger partial charge on any atom is -0.371 e. The molecule has 0 radical (unpaired) electrons. The van der Waals surface area contributed by atoms with Gasteiger partial charge >= 0.3 is 8.88 Å². The third-order valence-corrected chi connectivity index (χ3v) is 8.41. The topological polar surface area (TPSA) is 24.9 Å². The molecule has 0 atom stereocenters. The summed E-state index contributed by atoms with van der Waals surface area (Å²) < 4.78 is 18.3. The van der Waals surface area contributed by atoms with E-state index in [-0.39, 0.29) is 0 Å². The Bertz CT molecular complexity index is 249. The van der Waals surface area contributed by atoms with Crippen molar-refractivity contribution in [3.05, 3.63) is 0 Å². The van der Waals surface area contributed by atoms with Gasteiger partial charge in [0.2, 0.25) is 0 Å². The fourth-order valence-corrected chi connectivity index (χ4v) is 6.90. The van der Waals surface area contributed by atoms with E-state index in [9.17, 15) is 0 Å². The highest BCUT2D eigenvalue weighted by Crippen LogP contribution is 2.23. The maximum atomic E-state index is 6.55. The zero-order valence-electron chi connectivity index (χ0n) is 18.1. The summed E-state index contributed by atoms with van der Waals surface area (Å²) in [6.45, 7) is 19.2. The first kappa shape index (κ1) is 25.1. The van der Waals surface area contributed by atoms with Crippen molar-refractivity contribution in [3.63, 3.8) is 0 Å². The first-order valence-corrected chi connectivity index (χ1v) is 12.7. The predicted molar refractivity (Wildman–Crippen MR) is 112 cm³/mol. The van der Waals surface area contributed by atoms with Crippen molar-refractivity contribution in [2.75, 3.05) is 39.4 Å². The highest BCUT2D eigenvalue weighted by atomic mass is 28.4. The van der Waals surface area contributed by atoms with E-state index in [1.54, 1.807) is 0 Å². The van der Waals surface area contributed by atoms with E-state index in [2.05, 4.69) is 50.7 Å². The molecule has 0 aliphatic heterocycles. The van der Waals surface area contributed by atoms with Gasteiger partial charge in [0.15, 0.2) is 0 Å². The Labute approximate surface area is 159 Å². The normalized spacial score (nSPS) is 12.5. The highest BCUT2D eigenvalue weighted by Gasteiger charge is 2.50. The second kappa shape index (κ2) is 16.2. The Balaban J connectivity index is 5.65. The smallest absolute Gasteiger partial charge is 0.371 e. The van der Waals surface area contributed by atoms with Crippen LogP contribution in [0.3, 0.4) is 0 Å². The lowest BCUT2D eigenvalue weighted by Gasteiger charge is -2.46. The number of rotatable bonds is 18. The molecule has 0 bridgehead atoms. The third kappa shape index (κ3) is 9.00. The average Bonchev–Trinajstić information content (AvgIpc) is 2.62. The fraction of sp³-hybridized carbons (Fsp3) is 1.00. The lowest BCUT2D eigenvalue weighted by molar-refractivity contribution is 0.0587. The maximum absolute atomic E-state index is 6.55. The molecule has 0 aromatic carbocycles. The van der Waals surface area contributed by atoms with Gasteiger partial charge in [-0.1, -0.05) is 53.4 Å². The molecule has 0 amide bonds. The fourth-order valence-electron chi connectivity index (χ4n) is 3.17. The van der Waals surface area contributed by atoms with Crippen molar-refractivity contribution >= 4 is 8.88 Å². The van der Waals surface area contributed by atoms with Gasteiger partial charge in [-0.25, -0.2) is 0 Å². The molecule has 0 rings (SSSR count). The molecule has 0 unspecified atom stereocenters. The summed E-state index contributed by atoms with van der Waals surface area (Å²) in [7, 11) is -2.54. The van der Waals surface area contributed by atoms with E-state index >= 15 is 0 Å². The number of hydrogen-bond donors (Lipinski definition) is 0. The van der Waals surface area contributed by atoms with Crippen LogP contribution in [0.5, 0.6) is 0 Å².